The summed E-state index contributed by atoms with van der Waals surface area (Å²) >= 11 is 0. The lowest BCUT2D eigenvalue weighted by Gasteiger charge is -2.02. The minimum absolute atomic E-state index is 0.0512. The van der Waals surface area contributed by atoms with Crippen molar-refractivity contribution in [2.45, 2.75) is 4.90 Å². The summed E-state index contributed by atoms with van der Waals surface area (Å²) < 4.78 is 36.3. The van der Waals surface area contributed by atoms with E-state index in [1.54, 1.807) is 12.1 Å². The van der Waals surface area contributed by atoms with Gasteiger partial charge in [-0.15, -0.1) is 0 Å². The summed E-state index contributed by atoms with van der Waals surface area (Å²) in [6.45, 7) is 0. The molecule has 0 saturated carbocycles. The van der Waals surface area contributed by atoms with Crippen LogP contribution < -0.4 is 4.83 Å². The molecule has 20 heavy (non-hydrogen) atoms. The topological polar surface area (TPSA) is 78.8 Å². The molecule has 2 aromatic carbocycles. The molecule has 0 radical (unpaired) electrons. The standard InChI is InChI=1S/C13H11FN2O3S/c14-11-4-6-13(7-5-11)20(18,19)16-15-9-10-2-1-3-12(17)8-10/h1-9,16-17H/b15-9+. The minimum Gasteiger partial charge on any atom is -0.508 e. The molecule has 0 aromatic heterocycles. The summed E-state index contributed by atoms with van der Waals surface area (Å²) in [6.07, 6.45) is 1.25. The van der Waals surface area contributed by atoms with Crippen molar-refractivity contribution in [1.29, 1.82) is 0 Å². The summed E-state index contributed by atoms with van der Waals surface area (Å²) in [7, 11) is -3.83. The molecule has 5 nitrogen and oxygen atoms in total. The van der Waals surface area contributed by atoms with Crippen molar-refractivity contribution >= 4 is 16.2 Å². The van der Waals surface area contributed by atoms with Crippen LogP contribution in [0.3, 0.4) is 0 Å². The van der Waals surface area contributed by atoms with Crippen molar-refractivity contribution < 1.29 is 17.9 Å². The van der Waals surface area contributed by atoms with Crippen LogP contribution in [0.4, 0.5) is 4.39 Å². The van der Waals surface area contributed by atoms with Gasteiger partial charge in [0, 0.05) is 0 Å². The number of sulfonamides is 1. The lowest BCUT2D eigenvalue weighted by molar-refractivity contribution is 0.475. The van der Waals surface area contributed by atoms with Crippen LogP contribution in [-0.4, -0.2) is 19.7 Å². The van der Waals surface area contributed by atoms with E-state index in [4.69, 9.17) is 0 Å². The van der Waals surface area contributed by atoms with Crippen LogP contribution in [0.25, 0.3) is 0 Å². The highest BCUT2D eigenvalue weighted by molar-refractivity contribution is 7.89. The number of phenolic OH excluding ortho intramolecular Hbond substituents is 1. The molecule has 0 heterocycles. The Kier molecular flexibility index (Phi) is 3.99. The largest absolute Gasteiger partial charge is 0.508 e. The smallest absolute Gasteiger partial charge is 0.276 e. The summed E-state index contributed by atoms with van der Waals surface area (Å²) in [5, 5.41) is 12.8. The van der Waals surface area contributed by atoms with Crippen molar-refractivity contribution in [3.05, 3.63) is 59.9 Å². The fourth-order valence-electron chi connectivity index (χ4n) is 1.44. The van der Waals surface area contributed by atoms with Crippen LogP contribution in [0.2, 0.25) is 0 Å². The quantitative estimate of drug-likeness (QED) is 0.667. The van der Waals surface area contributed by atoms with E-state index in [1.807, 2.05) is 4.83 Å². The zero-order valence-corrected chi connectivity index (χ0v) is 11.0. The van der Waals surface area contributed by atoms with Gasteiger partial charge < -0.3 is 5.11 Å². The molecular weight excluding hydrogens is 283 g/mol. The fourth-order valence-corrected chi connectivity index (χ4v) is 2.23. The number of halogens is 1. The zero-order chi connectivity index (χ0) is 14.6. The molecule has 104 valence electrons. The number of hydrogen-bond donors (Lipinski definition) is 2. The van der Waals surface area contributed by atoms with Crippen molar-refractivity contribution in [3.8, 4) is 5.75 Å². The Hall–Kier alpha value is -2.41. The van der Waals surface area contributed by atoms with Crippen molar-refractivity contribution in [1.82, 2.24) is 4.83 Å². The number of nitrogens with one attached hydrogen (secondary N) is 1. The van der Waals surface area contributed by atoms with Crippen molar-refractivity contribution in [3.63, 3.8) is 0 Å². The summed E-state index contributed by atoms with van der Waals surface area (Å²) in [6, 6.07) is 10.5. The Morgan fingerprint density at radius 2 is 1.85 bits per heavy atom. The van der Waals surface area contributed by atoms with Gasteiger partial charge in [0.05, 0.1) is 11.1 Å². The van der Waals surface area contributed by atoms with Gasteiger partial charge in [-0.1, -0.05) is 12.1 Å². The van der Waals surface area contributed by atoms with Crippen molar-refractivity contribution in [2.24, 2.45) is 5.10 Å². The number of benzene rings is 2. The highest BCUT2D eigenvalue weighted by Crippen LogP contribution is 2.10. The number of hydrazone groups is 1. The van der Waals surface area contributed by atoms with Gasteiger partial charge in [-0.25, -0.2) is 9.22 Å². The monoisotopic (exact) mass is 294 g/mol. The summed E-state index contributed by atoms with van der Waals surface area (Å²) in [5.74, 6) is -0.470. The van der Waals surface area contributed by atoms with Gasteiger partial charge in [-0.2, -0.15) is 13.5 Å². The molecule has 0 bridgehead atoms. The lowest BCUT2D eigenvalue weighted by Crippen LogP contribution is -2.18. The van der Waals surface area contributed by atoms with Gasteiger partial charge in [-0.05, 0) is 42.0 Å². The molecule has 0 unspecified atom stereocenters. The third-order valence-electron chi connectivity index (χ3n) is 2.38. The second kappa shape index (κ2) is 5.70. The Labute approximate surface area is 115 Å². The maximum absolute atomic E-state index is 12.7. The van der Waals surface area contributed by atoms with E-state index < -0.39 is 15.8 Å². The van der Waals surface area contributed by atoms with E-state index in [1.165, 1.54) is 18.3 Å². The Morgan fingerprint density at radius 3 is 2.50 bits per heavy atom. The minimum atomic E-state index is -3.83. The van der Waals surface area contributed by atoms with E-state index in [0.29, 0.717) is 5.56 Å². The highest BCUT2D eigenvalue weighted by atomic mass is 32.2. The predicted octanol–water partition coefficient (Wildman–Crippen LogP) is 1.84. The SMILES string of the molecule is O=S(=O)(N/N=C/c1cccc(O)c1)c1ccc(F)cc1. The number of phenols is 1. The van der Waals surface area contributed by atoms with Gasteiger partial charge in [-0.3, -0.25) is 0 Å². The number of hydrogen-bond acceptors (Lipinski definition) is 4. The van der Waals surface area contributed by atoms with Crippen LogP contribution in [0.1, 0.15) is 5.56 Å². The molecule has 2 N–H and O–H groups in total. The molecule has 0 aliphatic rings. The number of rotatable bonds is 4. The summed E-state index contributed by atoms with van der Waals surface area (Å²) in [5.41, 5.74) is 0.534. The molecule has 0 atom stereocenters. The van der Waals surface area contributed by atoms with E-state index in [9.17, 15) is 17.9 Å². The molecule has 0 spiro atoms. The summed E-state index contributed by atoms with van der Waals surface area (Å²) in [4.78, 5) is 1.91. The third-order valence-corrected chi connectivity index (χ3v) is 3.62. The fraction of sp³-hybridized carbons (Fsp3) is 0. The first kappa shape index (κ1) is 14.0. The van der Waals surface area contributed by atoms with E-state index >= 15 is 0 Å². The molecule has 0 aliphatic carbocycles. The molecule has 2 aromatic rings. The van der Waals surface area contributed by atoms with Gasteiger partial charge >= 0.3 is 0 Å². The van der Waals surface area contributed by atoms with Crippen LogP contribution >= 0.6 is 0 Å². The van der Waals surface area contributed by atoms with Crippen molar-refractivity contribution in [2.75, 3.05) is 0 Å². The number of aromatic hydroxyl groups is 1. The van der Waals surface area contributed by atoms with E-state index in [2.05, 4.69) is 5.10 Å². The first-order valence-corrected chi connectivity index (χ1v) is 7.05. The average Bonchev–Trinajstić information content (AvgIpc) is 2.39. The number of nitrogens with zero attached hydrogens (tertiary/aromatic N) is 1. The maximum atomic E-state index is 12.7. The highest BCUT2D eigenvalue weighted by Gasteiger charge is 2.12. The second-order valence-corrected chi connectivity index (χ2v) is 5.56. The van der Waals surface area contributed by atoms with Crippen LogP contribution in [0, 0.1) is 5.82 Å². The van der Waals surface area contributed by atoms with Crippen LogP contribution in [0.15, 0.2) is 58.5 Å². The second-order valence-electron chi connectivity index (χ2n) is 3.90. The predicted molar refractivity (Wildman–Crippen MR) is 72.4 cm³/mol. The van der Waals surface area contributed by atoms with Gasteiger partial charge in [0.15, 0.2) is 0 Å². The molecular formula is C13H11FN2O3S. The first-order chi connectivity index (χ1) is 9.47. The van der Waals surface area contributed by atoms with Crippen LogP contribution in [0.5, 0.6) is 5.75 Å². The van der Waals surface area contributed by atoms with Gasteiger partial charge in [0.2, 0.25) is 0 Å². The Balaban J connectivity index is 2.11. The van der Waals surface area contributed by atoms with E-state index in [-0.39, 0.29) is 10.6 Å². The zero-order valence-electron chi connectivity index (χ0n) is 10.2. The van der Waals surface area contributed by atoms with Gasteiger partial charge in [0.25, 0.3) is 10.0 Å². The van der Waals surface area contributed by atoms with E-state index in [0.717, 1.165) is 24.3 Å². The van der Waals surface area contributed by atoms with Crippen LogP contribution in [-0.2, 0) is 10.0 Å². The third kappa shape index (κ3) is 3.55. The normalized spacial score (nSPS) is 11.7. The average molecular weight is 294 g/mol. The maximum Gasteiger partial charge on any atom is 0.276 e. The molecule has 7 heteroatoms. The molecule has 0 amide bonds. The molecule has 0 aliphatic heterocycles. The Bertz CT molecular complexity index is 728. The first-order valence-electron chi connectivity index (χ1n) is 5.57. The van der Waals surface area contributed by atoms with Gasteiger partial charge in [0.1, 0.15) is 11.6 Å². The molecule has 0 saturated heterocycles. The Morgan fingerprint density at radius 1 is 1.15 bits per heavy atom. The molecule has 0 fully saturated rings. The lowest BCUT2D eigenvalue weighted by atomic mass is 10.2. The molecule has 2 rings (SSSR count).